The first-order valence-corrected chi connectivity index (χ1v) is 5.14. The normalized spacial score (nSPS) is 16.6. The molecule has 2 unspecified atom stereocenters. The number of esters is 1. The van der Waals surface area contributed by atoms with Crippen LogP contribution in [-0.4, -0.2) is 31.6 Å². The first kappa shape index (κ1) is 14.1. The number of Topliss-reactive ketones (excluding diaryl/α,β-unsaturated/α-hetero) is 1. The molecule has 0 spiro atoms. The molecule has 0 aliphatic carbocycles. The molecule has 4 nitrogen and oxygen atoms in total. The van der Waals surface area contributed by atoms with Crippen LogP contribution in [0, 0.1) is 5.92 Å². The van der Waals surface area contributed by atoms with Gasteiger partial charge in [0.25, 0.3) is 0 Å². The van der Waals surface area contributed by atoms with Crippen molar-refractivity contribution in [2.75, 3.05) is 14.2 Å². The third kappa shape index (κ3) is 3.02. The number of hydrogen-bond donors (Lipinski definition) is 0. The van der Waals surface area contributed by atoms with Crippen LogP contribution in [0.3, 0.4) is 0 Å². The second kappa shape index (κ2) is 5.85. The minimum Gasteiger partial charge on any atom is -0.468 e. The summed E-state index contributed by atoms with van der Waals surface area (Å²) in [6.45, 7) is 5.33. The van der Waals surface area contributed by atoms with E-state index in [1.807, 2.05) is 6.92 Å². The van der Waals surface area contributed by atoms with Gasteiger partial charge < -0.3 is 9.47 Å². The summed E-state index contributed by atoms with van der Waals surface area (Å²) in [6.07, 6.45) is 0.973. The molecule has 0 aromatic carbocycles. The van der Waals surface area contributed by atoms with E-state index in [9.17, 15) is 9.59 Å². The summed E-state index contributed by atoms with van der Waals surface area (Å²) in [6, 6.07) is 0. The van der Waals surface area contributed by atoms with E-state index in [1.54, 1.807) is 13.8 Å². The number of methoxy groups -OCH3 is 2. The second-order valence-corrected chi connectivity index (χ2v) is 3.64. The maximum Gasteiger partial charge on any atom is 0.316 e. The van der Waals surface area contributed by atoms with Crippen LogP contribution in [0.4, 0.5) is 0 Å². The summed E-state index contributed by atoms with van der Waals surface area (Å²) in [5.41, 5.74) is -0.894. The van der Waals surface area contributed by atoms with Crippen LogP contribution in [-0.2, 0) is 19.1 Å². The summed E-state index contributed by atoms with van der Waals surface area (Å²) in [7, 11) is 2.76. The fraction of sp³-hybridized carbons (Fsp3) is 0.818. The van der Waals surface area contributed by atoms with Crippen molar-refractivity contribution in [3.8, 4) is 0 Å². The number of hydrogen-bond acceptors (Lipinski definition) is 4. The Labute approximate surface area is 90.9 Å². The summed E-state index contributed by atoms with van der Waals surface area (Å²) in [5, 5.41) is 0. The van der Waals surface area contributed by atoms with Gasteiger partial charge in [-0.3, -0.25) is 9.59 Å². The van der Waals surface area contributed by atoms with Crippen molar-refractivity contribution in [3.05, 3.63) is 0 Å². The molecule has 0 amide bonds. The Hall–Kier alpha value is -0.900. The Balaban J connectivity index is 4.86. The van der Waals surface area contributed by atoms with E-state index in [0.29, 0.717) is 12.8 Å². The van der Waals surface area contributed by atoms with Crippen molar-refractivity contribution in [2.24, 2.45) is 5.92 Å². The third-order valence-corrected chi connectivity index (χ3v) is 2.86. The standard InChI is InChI=1S/C11H20O4/c1-6-8(10(13)14-4)9(12)11(3,7-2)15-5/h8H,6-7H2,1-5H3. The molecule has 0 saturated heterocycles. The molecule has 4 heteroatoms. The SMILES string of the molecule is CCC(C(=O)OC)C(=O)C(C)(CC)OC. The maximum atomic E-state index is 12.0. The van der Waals surface area contributed by atoms with E-state index in [0.717, 1.165) is 0 Å². The van der Waals surface area contributed by atoms with E-state index < -0.39 is 17.5 Å². The van der Waals surface area contributed by atoms with Crippen LogP contribution in [0.1, 0.15) is 33.6 Å². The molecule has 0 bridgehead atoms. The molecule has 15 heavy (non-hydrogen) atoms. The fourth-order valence-electron chi connectivity index (χ4n) is 1.39. The van der Waals surface area contributed by atoms with Gasteiger partial charge in [0, 0.05) is 7.11 Å². The topological polar surface area (TPSA) is 52.6 Å². The Morgan fingerprint density at radius 1 is 1.27 bits per heavy atom. The molecule has 0 saturated carbocycles. The van der Waals surface area contributed by atoms with E-state index in [4.69, 9.17) is 4.74 Å². The van der Waals surface area contributed by atoms with Gasteiger partial charge in [0.2, 0.25) is 0 Å². The van der Waals surface area contributed by atoms with Gasteiger partial charge in [-0.15, -0.1) is 0 Å². The van der Waals surface area contributed by atoms with Crippen LogP contribution in [0.2, 0.25) is 0 Å². The van der Waals surface area contributed by atoms with E-state index in [2.05, 4.69) is 4.74 Å². The summed E-state index contributed by atoms with van der Waals surface area (Å²) < 4.78 is 9.76. The van der Waals surface area contributed by atoms with Gasteiger partial charge in [0.15, 0.2) is 5.78 Å². The van der Waals surface area contributed by atoms with Gasteiger partial charge in [0.05, 0.1) is 7.11 Å². The second-order valence-electron chi connectivity index (χ2n) is 3.64. The highest BCUT2D eigenvalue weighted by atomic mass is 16.5. The zero-order valence-corrected chi connectivity index (χ0v) is 10.1. The molecule has 0 aliphatic rings. The van der Waals surface area contributed by atoms with E-state index in [-0.39, 0.29) is 5.78 Å². The molecule has 0 fully saturated rings. The van der Waals surface area contributed by atoms with Crippen molar-refractivity contribution in [2.45, 2.75) is 39.2 Å². The molecule has 0 N–H and O–H groups in total. The maximum absolute atomic E-state index is 12.0. The molecule has 88 valence electrons. The van der Waals surface area contributed by atoms with E-state index in [1.165, 1.54) is 14.2 Å². The number of ether oxygens (including phenoxy) is 2. The van der Waals surface area contributed by atoms with Gasteiger partial charge in [-0.05, 0) is 19.8 Å². The van der Waals surface area contributed by atoms with Crippen LogP contribution in [0.15, 0.2) is 0 Å². The highest BCUT2D eigenvalue weighted by molar-refractivity contribution is 6.03. The minimum atomic E-state index is -0.894. The average molecular weight is 216 g/mol. The molecule has 0 radical (unpaired) electrons. The lowest BCUT2D eigenvalue weighted by atomic mass is 9.86. The van der Waals surface area contributed by atoms with Crippen LogP contribution in [0.5, 0.6) is 0 Å². The molecule has 0 rings (SSSR count). The summed E-state index contributed by atoms with van der Waals surface area (Å²) >= 11 is 0. The van der Waals surface area contributed by atoms with Crippen molar-refractivity contribution < 1.29 is 19.1 Å². The zero-order valence-electron chi connectivity index (χ0n) is 10.1. The average Bonchev–Trinajstić information content (AvgIpc) is 2.28. The lowest BCUT2D eigenvalue weighted by molar-refractivity contribution is -0.157. The van der Waals surface area contributed by atoms with Gasteiger partial charge >= 0.3 is 5.97 Å². The smallest absolute Gasteiger partial charge is 0.316 e. The summed E-state index contributed by atoms with van der Waals surface area (Å²) in [5.74, 6) is -1.42. The highest BCUT2D eigenvalue weighted by Gasteiger charge is 2.39. The zero-order chi connectivity index (χ0) is 12.1. The number of ketones is 1. The molecular formula is C11H20O4. The van der Waals surface area contributed by atoms with Crippen LogP contribution >= 0.6 is 0 Å². The number of carbonyl (C=O) groups is 2. The van der Waals surface area contributed by atoms with Crippen LogP contribution < -0.4 is 0 Å². The Bertz CT molecular complexity index is 231. The quantitative estimate of drug-likeness (QED) is 0.499. The minimum absolute atomic E-state index is 0.207. The first-order valence-electron chi connectivity index (χ1n) is 5.14. The van der Waals surface area contributed by atoms with Gasteiger partial charge in [0.1, 0.15) is 11.5 Å². The molecule has 2 atom stereocenters. The predicted octanol–water partition coefficient (Wildman–Crippen LogP) is 1.57. The largest absolute Gasteiger partial charge is 0.468 e. The number of rotatable bonds is 6. The van der Waals surface area contributed by atoms with Crippen molar-refractivity contribution >= 4 is 11.8 Å². The molecule has 0 aromatic rings. The monoisotopic (exact) mass is 216 g/mol. The highest BCUT2D eigenvalue weighted by Crippen LogP contribution is 2.22. The lowest BCUT2D eigenvalue weighted by Crippen LogP contribution is -2.43. The van der Waals surface area contributed by atoms with Gasteiger partial charge in [-0.2, -0.15) is 0 Å². The Kier molecular flexibility index (Phi) is 5.50. The predicted molar refractivity (Wildman–Crippen MR) is 56.5 cm³/mol. The first-order chi connectivity index (χ1) is 6.96. The van der Waals surface area contributed by atoms with Gasteiger partial charge in [-0.1, -0.05) is 13.8 Å². The van der Waals surface area contributed by atoms with Crippen molar-refractivity contribution in [1.29, 1.82) is 0 Å². The Morgan fingerprint density at radius 3 is 2.07 bits per heavy atom. The van der Waals surface area contributed by atoms with Crippen molar-refractivity contribution in [1.82, 2.24) is 0 Å². The van der Waals surface area contributed by atoms with Gasteiger partial charge in [-0.25, -0.2) is 0 Å². The Morgan fingerprint density at radius 2 is 1.80 bits per heavy atom. The third-order valence-electron chi connectivity index (χ3n) is 2.86. The van der Waals surface area contributed by atoms with E-state index >= 15 is 0 Å². The van der Waals surface area contributed by atoms with Crippen molar-refractivity contribution in [3.63, 3.8) is 0 Å². The summed E-state index contributed by atoms with van der Waals surface area (Å²) in [4.78, 5) is 23.4. The molecular weight excluding hydrogens is 196 g/mol. The molecule has 0 heterocycles. The van der Waals surface area contributed by atoms with Crippen LogP contribution in [0.25, 0.3) is 0 Å². The molecule has 0 aromatic heterocycles. The fourth-order valence-corrected chi connectivity index (χ4v) is 1.39. The lowest BCUT2D eigenvalue weighted by Gasteiger charge is -2.28. The number of carbonyl (C=O) groups excluding carboxylic acids is 2. The molecule has 0 aliphatic heterocycles.